The fourth-order valence-corrected chi connectivity index (χ4v) is 3.81. The minimum atomic E-state index is -0.519. The first-order chi connectivity index (χ1) is 13.9. The van der Waals surface area contributed by atoms with E-state index in [1.807, 2.05) is 11.8 Å². The number of carbonyl (C=O) groups excluding carboxylic acids is 4. The topological polar surface area (TPSA) is 110 Å². The van der Waals surface area contributed by atoms with Crippen molar-refractivity contribution in [3.63, 3.8) is 0 Å². The summed E-state index contributed by atoms with van der Waals surface area (Å²) in [6.07, 6.45) is 3.05. The molecule has 0 unspecified atom stereocenters. The van der Waals surface area contributed by atoms with Crippen LogP contribution in [0.4, 0.5) is 5.69 Å². The van der Waals surface area contributed by atoms with Crippen LogP contribution in [0.1, 0.15) is 49.4 Å². The molecule has 1 aromatic carbocycles. The van der Waals surface area contributed by atoms with Gasteiger partial charge in [-0.25, -0.2) is 9.69 Å². The lowest BCUT2D eigenvalue weighted by atomic mass is 9.95. The number of primary amides is 1. The molecule has 0 bridgehead atoms. The Kier molecular flexibility index (Phi) is 6.64. The SMILES string of the molecule is CCCCOC(=O)c1ccc(N2C(=O)C[C@H](N3CCC(C(N)=O)CC3)C2=O)cc1. The Morgan fingerprint density at radius 1 is 1.14 bits per heavy atom. The largest absolute Gasteiger partial charge is 0.462 e. The molecular formula is C21H27N3O5. The van der Waals surface area contributed by atoms with Crippen LogP contribution in [0.2, 0.25) is 0 Å². The van der Waals surface area contributed by atoms with Gasteiger partial charge in [-0.3, -0.25) is 19.3 Å². The zero-order chi connectivity index (χ0) is 21.0. The summed E-state index contributed by atoms with van der Waals surface area (Å²) in [6.45, 7) is 3.51. The number of unbranched alkanes of at least 4 members (excludes halogenated alkanes) is 1. The molecule has 2 heterocycles. The number of imide groups is 1. The summed E-state index contributed by atoms with van der Waals surface area (Å²) in [7, 11) is 0. The number of hydrogen-bond donors (Lipinski definition) is 1. The number of esters is 1. The van der Waals surface area contributed by atoms with Gasteiger partial charge in [0.05, 0.1) is 30.3 Å². The van der Waals surface area contributed by atoms with Crippen LogP contribution in [0, 0.1) is 5.92 Å². The van der Waals surface area contributed by atoms with Gasteiger partial charge < -0.3 is 10.5 Å². The summed E-state index contributed by atoms with van der Waals surface area (Å²) in [5.41, 5.74) is 6.19. The number of nitrogens with zero attached hydrogens (tertiary/aromatic N) is 2. The van der Waals surface area contributed by atoms with Gasteiger partial charge in [0.25, 0.3) is 5.91 Å². The van der Waals surface area contributed by atoms with Crippen LogP contribution in [0.15, 0.2) is 24.3 Å². The number of carbonyl (C=O) groups is 4. The van der Waals surface area contributed by atoms with Crippen molar-refractivity contribution in [2.45, 2.75) is 45.1 Å². The molecule has 1 atom stereocenters. The smallest absolute Gasteiger partial charge is 0.338 e. The van der Waals surface area contributed by atoms with Crippen LogP contribution in [-0.2, 0) is 19.1 Å². The lowest BCUT2D eigenvalue weighted by Gasteiger charge is -2.33. The molecule has 156 valence electrons. The van der Waals surface area contributed by atoms with Crippen LogP contribution in [0.3, 0.4) is 0 Å². The first-order valence-electron chi connectivity index (χ1n) is 10.1. The third kappa shape index (κ3) is 4.64. The molecule has 2 fully saturated rings. The second kappa shape index (κ2) is 9.17. The standard InChI is InChI=1S/C21H27N3O5/c1-2-3-12-29-21(28)15-4-6-16(7-5-15)24-18(25)13-17(20(24)27)23-10-8-14(9-11-23)19(22)26/h4-7,14,17H,2-3,8-13H2,1H3,(H2,22,26)/t17-/m0/s1. The first kappa shape index (κ1) is 21.0. The van der Waals surface area contributed by atoms with Crippen molar-refractivity contribution >= 4 is 29.4 Å². The van der Waals surface area contributed by atoms with E-state index in [-0.39, 0.29) is 30.1 Å². The van der Waals surface area contributed by atoms with E-state index < -0.39 is 12.0 Å². The quantitative estimate of drug-likeness (QED) is 0.421. The molecule has 2 aliphatic heterocycles. The van der Waals surface area contributed by atoms with Crippen molar-refractivity contribution in [1.29, 1.82) is 0 Å². The van der Waals surface area contributed by atoms with E-state index in [0.717, 1.165) is 12.8 Å². The molecule has 29 heavy (non-hydrogen) atoms. The number of rotatable bonds is 7. The molecule has 2 aliphatic rings. The summed E-state index contributed by atoms with van der Waals surface area (Å²) >= 11 is 0. The van der Waals surface area contributed by atoms with Crippen molar-refractivity contribution < 1.29 is 23.9 Å². The van der Waals surface area contributed by atoms with Gasteiger partial charge in [0.2, 0.25) is 11.8 Å². The summed E-state index contributed by atoms with van der Waals surface area (Å²) in [4.78, 5) is 51.9. The Labute approximate surface area is 170 Å². The molecule has 1 aromatic rings. The van der Waals surface area contributed by atoms with E-state index in [0.29, 0.717) is 43.8 Å². The maximum Gasteiger partial charge on any atom is 0.338 e. The average molecular weight is 401 g/mol. The predicted octanol–water partition coefficient (Wildman–Crippen LogP) is 1.47. The molecule has 2 saturated heterocycles. The van der Waals surface area contributed by atoms with Crippen LogP contribution < -0.4 is 10.6 Å². The van der Waals surface area contributed by atoms with Gasteiger partial charge in [0.15, 0.2) is 0 Å². The molecule has 8 nitrogen and oxygen atoms in total. The molecule has 0 radical (unpaired) electrons. The normalized spacial score (nSPS) is 20.9. The summed E-state index contributed by atoms with van der Waals surface area (Å²) < 4.78 is 5.17. The molecule has 0 aliphatic carbocycles. The number of benzene rings is 1. The van der Waals surface area contributed by atoms with Gasteiger partial charge in [-0.15, -0.1) is 0 Å². The monoisotopic (exact) mass is 401 g/mol. The number of piperidine rings is 1. The number of hydrogen-bond acceptors (Lipinski definition) is 6. The number of anilines is 1. The van der Waals surface area contributed by atoms with E-state index in [4.69, 9.17) is 10.5 Å². The van der Waals surface area contributed by atoms with Gasteiger partial charge in [0.1, 0.15) is 0 Å². The Morgan fingerprint density at radius 3 is 2.38 bits per heavy atom. The van der Waals surface area contributed by atoms with Crippen molar-refractivity contribution in [1.82, 2.24) is 4.90 Å². The van der Waals surface area contributed by atoms with E-state index in [1.165, 1.54) is 4.90 Å². The maximum atomic E-state index is 12.9. The average Bonchev–Trinajstić information content (AvgIpc) is 3.02. The number of ether oxygens (including phenoxy) is 1. The zero-order valence-electron chi connectivity index (χ0n) is 16.6. The number of likely N-dealkylation sites (tertiary alicyclic amines) is 1. The molecular weight excluding hydrogens is 374 g/mol. The minimum absolute atomic E-state index is 0.112. The third-order valence-electron chi connectivity index (χ3n) is 5.59. The van der Waals surface area contributed by atoms with Gasteiger partial charge in [-0.1, -0.05) is 13.3 Å². The molecule has 3 rings (SSSR count). The lowest BCUT2D eigenvalue weighted by molar-refractivity contribution is -0.124. The summed E-state index contributed by atoms with van der Waals surface area (Å²) in [5, 5.41) is 0. The van der Waals surface area contributed by atoms with Crippen molar-refractivity contribution in [3.05, 3.63) is 29.8 Å². The Morgan fingerprint density at radius 2 is 1.79 bits per heavy atom. The Hall–Kier alpha value is -2.74. The fourth-order valence-electron chi connectivity index (χ4n) is 3.81. The molecule has 0 saturated carbocycles. The number of amides is 3. The maximum absolute atomic E-state index is 12.9. The predicted molar refractivity (Wildman–Crippen MR) is 106 cm³/mol. The van der Waals surface area contributed by atoms with E-state index in [1.54, 1.807) is 24.3 Å². The lowest BCUT2D eigenvalue weighted by Crippen LogP contribution is -2.47. The summed E-state index contributed by atoms with van der Waals surface area (Å²) in [5.74, 6) is -1.44. The van der Waals surface area contributed by atoms with Crippen molar-refractivity contribution in [2.24, 2.45) is 11.7 Å². The van der Waals surface area contributed by atoms with Crippen LogP contribution in [0.25, 0.3) is 0 Å². The fraction of sp³-hybridized carbons (Fsp3) is 0.524. The minimum Gasteiger partial charge on any atom is -0.462 e. The van der Waals surface area contributed by atoms with Crippen molar-refractivity contribution in [3.8, 4) is 0 Å². The second-order valence-electron chi connectivity index (χ2n) is 7.54. The molecule has 2 N–H and O–H groups in total. The van der Waals surface area contributed by atoms with Crippen molar-refractivity contribution in [2.75, 3.05) is 24.6 Å². The Bertz CT molecular complexity index is 784. The van der Waals surface area contributed by atoms with E-state index in [2.05, 4.69) is 0 Å². The highest BCUT2D eigenvalue weighted by Gasteiger charge is 2.43. The molecule has 8 heteroatoms. The molecule has 3 amide bonds. The highest BCUT2D eigenvalue weighted by Crippen LogP contribution is 2.28. The van der Waals surface area contributed by atoms with Gasteiger partial charge in [0, 0.05) is 5.92 Å². The second-order valence-corrected chi connectivity index (χ2v) is 7.54. The molecule has 0 spiro atoms. The first-order valence-corrected chi connectivity index (χ1v) is 10.1. The van der Waals surface area contributed by atoms with Gasteiger partial charge in [-0.05, 0) is 56.6 Å². The highest BCUT2D eigenvalue weighted by atomic mass is 16.5. The van der Waals surface area contributed by atoms with Crippen LogP contribution >= 0.6 is 0 Å². The van der Waals surface area contributed by atoms with Crippen LogP contribution in [-0.4, -0.2) is 54.3 Å². The summed E-state index contributed by atoms with van der Waals surface area (Å²) in [6, 6.07) is 5.79. The number of nitrogens with two attached hydrogens (primary N) is 1. The van der Waals surface area contributed by atoms with E-state index in [9.17, 15) is 19.2 Å². The zero-order valence-corrected chi connectivity index (χ0v) is 16.6. The highest BCUT2D eigenvalue weighted by molar-refractivity contribution is 6.22. The Balaban J connectivity index is 1.64. The third-order valence-corrected chi connectivity index (χ3v) is 5.59. The van der Waals surface area contributed by atoms with Gasteiger partial charge in [-0.2, -0.15) is 0 Å². The van der Waals surface area contributed by atoms with Crippen LogP contribution in [0.5, 0.6) is 0 Å². The van der Waals surface area contributed by atoms with Gasteiger partial charge >= 0.3 is 5.97 Å². The van der Waals surface area contributed by atoms with E-state index >= 15 is 0 Å². The molecule has 0 aromatic heterocycles.